The highest BCUT2D eigenvalue weighted by molar-refractivity contribution is 14.0. The number of hydrogen-bond acceptors (Lipinski definition) is 4. The van der Waals surface area contributed by atoms with Gasteiger partial charge < -0.3 is 25.6 Å². The molecule has 7 nitrogen and oxygen atoms in total. The molecule has 0 aliphatic heterocycles. The Morgan fingerprint density at radius 3 is 2.46 bits per heavy atom. The van der Waals surface area contributed by atoms with Crippen LogP contribution in [0.15, 0.2) is 4.99 Å². The average Bonchev–Trinajstić information content (AvgIpc) is 2.52. The molecule has 144 valence electrons. The van der Waals surface area contributed by atoms with Gasteiger partial charge in [-0.05, 0) is 34.2 Å². The predicted molar refractivity (Wildman–Crippen MR) is 111 cm³/mol. The van der Waals surface area contributed by atoms with Crippen molar-refractivity contribution >= 4 is 35.8 Å². The number of amides is 1. The summed E-state index contributed by atoms with van der Waals surface area (Å²) in [4.78, 5) is 18.6. The zero-order chi connectivity index (χ0) is 17.7. The molecule has 0 rings (SSSR count). The first-order valence-corrected chi connectivity index (χ1v) is 8.29. The molecular weight excluding hydrogens is 421 g/mol. The standard InChI is InChI=1S/C16H35N5O2.HI/c1-7-18-15(20-13-16(2,3)14(22)17-4)19-9-11-21(5)10-8-12-23-6;/h7-13H2,1-6H3,(H,17,22)(H2,18,19,20);1H. The van der Waals surface area contributed by atoms with E-state index < -0.39 is 5.41 Å². The number of hydrogen-bond donors (Lipinski definition) is 3. The molecule has 0 saturated carbocycles. The first-order valence-electron chi connectivity index (χ1n) is 8.29. The van der Waals surface area contributed by atoms with Crippen molar-refractivity contribution in [2.45, 2.75) is 27.2 Å². The number of rotatable bonds is 11. The number of methoxy groups -OCH3 is 1. The van der Waals surface area contributed by atoms with Crippen molar-refractivity contribution in [2.75, 3.05) is 60.5 Å². The number of guanidine groups is 1. The summed E-state index contributed by atoms with van der Waals surface area (Å²) in [5, 5.41) is 9.19. The second-order valence-corrected chi connectivity index (χ2v) is 6.23. The van der Waals surface area contributed by atoms with Crippen molar-refractivity contribution in [2.24, 2.45) is 10.4 Å². The normalized spacial score (nSPS) is 11.9. The van der Waals surface area contributed by atoms with Crippen molar-refractivity contribution in [1.82, 2.24) is 20.9 Å². The molecule has 3 N–H and O–H groups in total. The summed E-state index contributed by atoms with van der Waals surface area (Å²) < 4.78 is 5.06. The summed E-state index contributed by atoms with van der Waals surface area (Å²) in [6.07, 6.45) is 1.03. The molecule has 24 heavy (non-hydrogen) atoms. The minimum Gasteiger partial charge on any atom is -0.385 e. The van der Waals surface area contributed by atoms with Gasteiger partial charge in [-0.1, -0.05) is 0 Å². The second kappa shape index (κ2) is 14.7. The van der Waals surface area contributed by atoms with Gasteiger partial charge in [-0.3, -0.25) is 9.79 Å². The molecular formula is C16H36IN5O2. The van der Waals surface area contributed by atoms with Crippen LogP contribution in [0.5, 0.6) is 0 Å². The highest BCUT2D eigenvalue weighted by atomic mass is 127. The smallest absolute Gasteiger partial charge is 0.227 e. The summed E-state index contributed by atoms with van der Waals surface area (Å²) in [5.41, 5.74) is -0.520. The number of halogens is 1. The number of likely N-dealkylation sites (N-methyl/N-ethyl adjacent to an activating group) is 1. The average molecular weight is 457 g/mol. The largest absolute Gasteiger partial charge is 0.385 e. The van der Waals surface area contributed by atoms with E-state index in [1.54, 1.807) is 14.2 Å². The molecule has 0 atom stereocenters. The third kappa shape index (κ3) is 11.9. The number of carbonyl (C=O) groups excluding carboxylic acids is 1. The first-order chi connectivity index (χ1) is 10.9. The first kappa shape index (κ1) is 25.6. The minimum absolute atomic E-state index is 0. The van der Waals surface area contributed by atoms with E-state index in [4.69, 9.17) is 4.74 Å². The molecule has 0 aromatic carbocycles. The van der Waals surface area contributed by atoms with Gasteiger partial charge >= 0.3 is 0 Å². The molecule has 0 unspecified atom stereocenters. The zero-order valence-electron chi connectivity index (χ0n) is 16.1. The molecule has 1 amide bonds. The van der Waals surface area contributed by atoms with Crippen molar-refractivity contribution in [1.29, 1.82) is 0 Å². The molecule has 0 aromatic heterocycles. The van der Waals surface area contributed by atoms with Gasteiger partial charge in [-0.2, -0.15) is 0 Å². The molecule has 0 fully saturated rings. The number of nitrogens with zero attached hydrogens (tertiary/aromatic N) is 2. The van der Waals surface area contributed by atoms with E-state index in [9.17, 15) is 4.79 Å². The van der Waals surface area contributed by atoms with Crippen LogP contribution in [0.1, 0.15) is 27.2 Å². The van der Waals surface area contributed by atoms with Crippen LogP contribution in [0.2, 0.25) is 0 Å². The lowest BCUT2D eigenvalue weighted by molar-refractivity contribution is -0.128. The van der Waals surface area contributed by atoms with E-state index in [-0.39, 0.29) is 29.9 Å². The van der Waals surface area contributed by atoms with Crippen LogP contribution in [0.25, 0.3) is 0 Å². The minimum atomic E-state index is -0.520. The summed E-state index contributed by atoms with van der Waals surface area (Å²) in [6, 6.07) is 0. The Morgan fingerprint density at radius 1 is 1.25 bits per heavy atom. The lowest BCUT2D eigenvalue weighted by Gasteiger charge is -2.22. The van der Waals surface area contributed by atoms with Crippen LogP contribution in [-0.4, -0.2) is 77.3 Å². The highest BCUT2D eigenvalue weighted by Gasteiger charge is 2.26. The van der Waals surface area contributed by atoms with Crippen LogP contribution in [0, 0.1) is 5.41 Å². The van der Waals surface area contributed by atoms with Crippen molar-refractivity contribution in [3.63, 3.8) is 0 Å². The van der Waals surface area contributed by atoms with Crippen LogP contribution in [0.4, 0.5) is 0 Å². The Bertz CT molecular complexity index is 364. The van der Waals surface area contributed by atoms with Gasteiger partial charge in [0, 0.05) is 46.9 Å². The van der Waals surface area contributed by atoms with Crippen molar-refractivity contribution < 1.29 is 9.53 Å². The summed E-state index contributed by atoms with van der Waals surface area (Å²) >= 11 is 0. The molecule has 0 heterocycles. The molecule has 0 aliphatic rings. The van der Waals surface area contributed by atoms with Crippen molar-refractivity contribution in [3.8, 4) is 0 Å². The van der Waals surface area contributed by atoms with Crippen LogP contribution in [0.3, 0.4) is 0 Å². The molecule has 0 spiro atoms. The Morgan fingerprint density at radius 2 is 1.92 bits per heavy atom. The van der Waals surface area contributed by atoms with Crippen molar-refractivity contribution in [3.05, 3.63) is 0 Å². The van der Waals surface area contributed by atoms with Gasteiger partial charge in [-0.15, -0.1) is 24.0 Å². The fraction of sp³-hybridized carbons (Fsp3) is 0.875. The molecule has 0 saturated heterocycles. The van der Waals surface area contributed by atoms with Crippen LogP contribution in [-0.2, 0) is 9.53 Å². The van der Waals surface area contributed by atoms with Gasteiger partial charge in [0.15, 0.2) is 5.96 Å². The second-order valence-electron chi connectivity index (χ2n) is 6.23. The Hall–Kier alpha value is -0.610. The monoisotopic (exact) mass is 457 g/mol. The third-order valence-electron chi connectivity index (χ3n) is 3.49. The molecule has 0 radical (unpaired) electrons. The fourth-order valence-corrected chi connectivity index (χ4v) is 1.98. The van der Waals surface area contributed by atoms with Crippen LogP contribution >= 0.6 is 24.0 Å². The van der Waals surface area contributed by atoms with Gasteiger partial charge in [0.05, 0.1) is 12.0 Å². The quantitative estimate of drug-likeness (QED) is 0.186. The number of carbonyl (C=O) groups is 1. The Balaban J connectivity index is 0. The third-order valence-corrected chi connectivity index (χ3v) is 3.49. The van der Waals surface area contributed by atoms with Gasteiger partial charge in [0.2, 0.25) is 5.91 Å². The SMILES string of the molecule is CCNC(=NCC(C)(C)C(=O)NC)NCCN(C)CCCOC.I. The molecule has 8 heteroatoms. The predicted octanol–water partition coefficient (Wildman–Crippen LogP) is 0.900. The van der Waals surface area contributed by atoms with E-state index in [1.165, 1.54) is 0 Å². The van der Waals surface area contributed by atoms with E-state index in [0.29, 0.717) is 6.54 Å². The summed E-state index contributed by atoms with van der Waals surface area (Å²) in [5.74, 6) is 0.741. The summed E-state index contributed by atoms with van der Waals surface area (Å²) in [7, 11) is 5.47. The van der Waals surface area contributed by atoms with Gasteiger partial charge in [-0.25, -0.2) is 0 Å². The van der Waals surface area contributed by atoms with E-state index in [0.717, 1.165) is 45.2 Å². The van der Waals surface area contributed by atoms with Crippen LogP contribution < -0.4 is 16.0 Å². The van der Waals surface area contributed by atoms with E-state index in [1.807, 2.05) is 20.8 Å². The maximum atomic E-state index is 11.8. The molecule has 0 bridgehead atoms. The lowest BCUT2D eigenvalue weighted by Crippen LogP contribution is -2.43. The molecule has 0 aliphatic carbocycles. The topological polar surface area (TPSA) is 78.0 Å². The zero-order valence-corrected chi connectivity index (χ0v) is 18.4. The maximum absolute atomic E-state index is 11.8. The number of aliphatic imine (C=N–C) groups is 1. The van der Waals surface area contributed by atoms with Gasteiger partial charge in [0.25, 0.3) is 0 Å². The van der Waals surface area contributed by atoms with E-state index in [2.05, 4.69) is 32.9 Å². The molecule has 0 aromatic rings. The Kier molecular flexibility index (Phi) is 15.7. The fourth-order valence-electron chi connectivity index (χ4n) is 1.98. The van der Waals surface area contributed by atoms with E-state index >= 15 is 0 Å². The lowest BCUT2D eigenvalue weighted by atomic mass is 9.93. The highest BCUT2D eigenvalue weighted by Crippen LogP contribution is 2.15. The summed E-state index contributed by atoms with van der Waals surface area (Å²) in [6.45, 7) is 10.6. The Labute approximate surface area is 164 Å². The maximum Gasteiger partial charge on any atom is 0.227 e. The number of ether oxygens (including phenoxy) is 1. The number of nitrogens with one attached hydrogen (secondary N) is 3. The van der Waals surface area contributed by atoms with Gasteiger partial charge in [0.1, 0.15) is 0 Å².